The van der Waals surface area contributed by atoms with Crippen LogP contribution in [0.3, 0.4) is 0 Å². The van der Waals surface area contributed by atoms with E-state index in [0.29, 0.717) is 66.2 Å². The molecule has 0 saturated carbocycles. The van der Waals surface area contributed by atoms with E-state index < -0.39 is 10.8 Å². The van der Waals surface area contributed by atoms with Crippen LogP contribution in [0.15, 0.2) is 51.8 Å². The predicted octanol–water partition coefficient (Wildman–Crippen LogP) is 3.86. The van der Waals surface area contributed by atoms with Crippen molar-refractivity contribution in [3.05, 3.63) is 53.7 Å². The first-order valence-electron chi connectivity index (χ1n) is 10.3. The second kappa shape index (κ2) is 10.1. The number of benzene rings is 1. The molecule has 0 spiro atoms. The van der Waals surface area contributed by atoms with Crippen molar-refractivity contribution >= 4 is 50.1 Å². The molecule has 4 N–H and O–H groups in total. The summed E-state index contributed by atoms with van der Waals surface area (Å²) in [5.74, 6) is 0.640. The highest BCUT2D eigenvalue weighted by atomic mass is 32.2. The van der Waals surface area contributed by atoms with Crippen LogP contribution in [0.2, 0.25) is 0 Å². The number of hydrogen-bond donors (Lipinski definition) is 2. The quantitative estimate of drug-likeness (QED) is 0.375. The standard InChI is InChI=1S/C24H22N6O2S2/c1-28-12-16-10-15(13-29-22(16)27)21-17(11-25)18(14-6-4-3-5-7-14)19-20(26)24(33-23(19)30-21)34(31)9-8-32-2/h3-7,10,12-13H,8-9,26H2,1-2H3,(H2,27,29)/t34-/m1/s1. The van der Waals surface area contributed by atoms with Gasteiger partial charge in [0.1, 0.15) is 20.9 Å². The van der Waals surface area contributed by atoms with Crippen molar-refractivity contribution in [3.8, 4) is 28.5 Å². The number of nitrogen functional groups attached to an aromatic ring is 2. The Bertz CT molecular complexity index is 1460. The summed E-state index contributed by atoms with van der Waals surface area (Å²) in [5.41, 5.74) is 16.4. The van der Waals surface area contributed by atoms with Crippen molar-refractivity contribution in [1.29, 1.82) is 5.26 Å². The van der Waals surface area contributed by atoms with E-state index in [4.69, 9.17) is 21.2 Å². The van der Waals surface area contributed by atoms with Gasteiger partial charge in [0.2, 0.25) is 0 Å². The number of hydrogen-bond acceptors (Lipinski definition) is 9. The average Bonchev–Trinajstić information content (AvgIpc) is 3.19. The Kier molecular flexibility index (Phi) is 6.98. The van der Waals surface area contributed by atoms with Crippen LogP contribution in [0, 0.1) is 11.3 Å². The molecular formula is C24H22N6O2S2. The third-order valence-electron chi connectivity index (χ3n) is 5.19. The molecule has 34 heavy (non-hydrogen) atoms. The van der Waals surface area contributed by atoms with Gasteiger partial charge in [-0.3, -0.25) is 9.20 Å². The molecule has 0 unspecified atom stereocenters. The molecule has 0 saturated heterocycles. The lowest BCUT2D eigenvalue weighted by Crippen LogP contribution is -2.04. The van der Waals surface area contributed by atoms with Gasteiger partial charge in [0, 0.05) is 48.6 Å². The minimum absolute atomic E-state index is 0.313. The van der Waals surface area contributed by atoms with Crippen LogP contribution in [-0.4, -0.2) is 46.9 Å². The van der Waals surface area contributed by atoms with Gasteiger partial charge in [0.15, 0.2) is 0 Å². The molecule has 0 fully saturated rings. The first-order valence-corrected chi connectivity index (χ1v) is 12.4. The van der Waals surface area contributed by atoms with Crippen molar-refractivity contribution in [1.82, 2.24) is 9.97 Å². The van der Waals surface area contributed by atoms with Gasteiger partial charge in [-0.05, 0) is 11.6 Å². The number of anilines is 2. The Morgan fingerprint density at radius 3 is 2.71 bits per heavy atom. The lowest BCUT2D eigenvalue weighted by atomic mass is 9.94. The Hall–Kier alpha value is -3.65. The van der Waals surface area contributed by atoms with E-state index in [9.17, 15) is 9.47 Å². The van der Waals surface area contributed by atoms with Gasteiger partial charge in [0.25, 0.3) is 0 Å². The van der Waals surface area contributed by atoms with Crippen LogP contribution in [0.25, 0.3) is 32.6 Å². The maximum Gasteiger partial charge on any atom is 0.132 e. The van der Waals surface area contributed by atoms with Gasteiger partial charge in [-0.15, -0.1) is 11.3 Å². The van der Waals surface area contributed by atoms with Gasteiger partial charge in [-0.2, -0.15) is 5.26 Å². The van der Waals surface area contributed by atoms with Crippen molar-refractivity contribution in [3.63, 3.8) is 0 Å². The summed E-state index contributed by atoms with van der Waals surface area (Å²) >= 11 is 1.26. The summed E-state index contributed by atoms with van der Waals surface area (Å²) in [4.78, 5) is 13.7. The fraction of sp³-hybridized carbons (Fsp3) is 0.167. The summed E-state index contributed by atoms with van der Waals surface area (Å²) in [6.45, 7) is 0.340. The van der Waals surface area contributed by atoms with E-state index >= 15 is 0 Å². The summed E-state index contributed by atoms with van der Waals surface area (Å²) in [6, 6.07) is 13.6. The fourth-order valence-electron chi connectivity index (χ4n) is 3.63. The minimum atomic E-state index is -1.36. The van der Waals surface area contributed by atoms with Crippen LogP contribution < -0.4 is 11.5 Å². The molecule has 0 amide bonds. The van der Waals surface area contributed by atoms with Gasteiger partial charge >= 0.3 is 0 Å². The van der Waals surface area contributed by atoms with E-state index in [-0.39, 0.29) is 0 Å². The zero-order chi connectivity index (χ0) is 24.2. The molecule has 4 aromatic rings. The smallest absolute Gasteiger partial charge is 0.132 e. The maximum atomic E-state index is 12.9. The number of nitriles is 1. The normalized spacial score (nSPS) is 12.3. The van der Waals surface area contributed by atoms with Crippen molar-refractivity contribution in [2.45, 2.75) is 4.21 Å². The lowest BCUT2D eigenvalue weighted by Gasteiger charge is -2.13. The lowest BCUT2D eigenvalue weighted by molar-refractivity contribution is 0.218. The van der Waals surface area contributed by atoms with Gasteiger partial charge in [-0.1, -0.05) is 30.3 Å². The van der Waals surface area contributed by atoms with Gasteiger partial charge in [-0.25, -0.2) is 9.97 Å². The summed E-state index contributed by atoms with van der Waals surface area (Å²) in [5, 5.41) is 10.9. The zero-order valence-electron chi connectivity index (χ0n) is 18.6. The summed E-state index contributed by atoms with van der Waals surface area (Å²) < 4.78 is 18.5. The monoisotopic (exact) mass is 490 g/mol. The highest BCUT2D eigenvalue weighted by Crippen LogP contribution is 2.45. The molecule has 10 heteroatoms. The van der Waals surface area contributed by atoms with Gasteiger partial charge in [0.05, 0.1) is 40.1 Å². The number of methoxy groups -OCH3 is 1. The van der Waals surface area contributed by atoms with Crippen molar-refractivity contribution < 1.29 is 8.95 Å². The van der Waals surface area contributed by atoms with E-state index in [0.717, 1.165) is 5.56 Å². The minimum Gasteiger partial charge on any atom is -0.396 e. The molecule has 3 heterocycles. The van der Waals surface area contributed by atoms with Gasteiger partial charge < -0.3 is 16.2 Å². The van der Waals surface area contributed by atoms with Crippen LogP contribution in [0.1, 0.15) is 11.1 Å². The molecule has 1 aromatic carbocycles. The molecule has 0 aliphatic carbocycles. The Morgan fingerprint density at radius 1 is 1.26 bits per heavy atom. The van der Waals surface area contributed by atoms with Crippen LogP contribution in [0.4, 0.5) is 11.5 Å². The fourth-order valence-corrected chi connectivity index (χ4v) is 6.18. The number of pyridine rings is 2. The van der Waals surface area contributed by atoms with E-state index in [1.54, 1.807) is 32.6 Å². The molecule has 0 aliphatic heterocycles. The number of aliphatic imine (C=N–C) groups is 1. The maximum absolute atomic E-state index is 12.9. The molecule has 172 valence electrons. The third kappa shape index (κ3) is 4.28. The number of nitrogens with zero attached hydrogens (tertiary/aromatic N) is 4. The van der Waals surface area contributed by atoms with Crippen LogP contribution in [0.5, 0.6) is 0 Å². The highest BCUT2D eigenvalue weighted by Gasteiger charge is 2.25. The molecule has 1 atom stereocenters. The number of aromatic nitrogens is 2. The Morgan fingerprint density at radius 2 is 2.03 bits per heavy atom. The van der Waals surface area contributed by atoms with E-state index in [1.165, 1.54) is 11.3 Å². The number of rotatable bonds is 7. The third-order valence-corrected chi connectivity index (χ3v) is 8.06. The van der Waals surface area contributed by atoms with Crippen molar-refractivity contribution in [2.24, 2.45) is 4.99 Å². The first kappa shape index (κ1) is 23.5. The second-order valence-electron chi connectivity index (χ2n) is 7.30. The number of thiophene rings is 1. The molecule has 0 bridgehead atoms. The first-order chi connectivity index (χ1) is 16.5. The zero-order valence-corrected chi connectivity index (χ0v) is 20.2. The Labute approximate surface area is 203 Å². The average molecular weight is 491 g/mol. The van der Waals surface area contributed by atoms with E-state index in [2.05, 4.69) is 16.0 Å². The number of fused-ring (bicyclic) bond motifs is 1. The SMILES string of the molecule is CN=Cc1cc(-c2nc3sc([S@](=O)CCOC)c(N)c3c(-c3ccccc3)c2C#N)cnc1N. The summed E-state index contributed by atoms with van der Waals surface area (Å²) in [6.07, 6.45) is 3.19. The number of nitrogens with two attached hydrogens (primary N) is 2. The van der Waals surface area contributed by atoms with Crippen LogP contribution >= 0.6 is 11.3 Å². The highest BCUT2D eigenvalue weighted by molar-refractivity contribution is 7.87. The topological polar surface area (TPSA) is 140 Å². The largest absolute Gasteiger partial charge is 0.396 e. The predicted molar refractivity (Wildman–Crippen MR) is 138 cm³/mol. The Balaban J connectivity index is 2.07. The van der Waals surface area contributed by atoms with Crippen molar-refractivity contribution in [2.75, 3.05) is 38.0 Å². The molecule has 3 aromatic heterocycles. The summed E-state index contributed by atoms with van der Waals surface area (Å²) in [7, 11) is 1.84. The van der Waals surface area contributed by atoms with Crippen LogP contribution in [-0.2, 0) is 15.5 Å². The molecule has 4 rings (SSSR count). The molecular weight excluding hydrogens is 468 g/mol. The second-order valence-corrected chi connectivity index (χ2v) is 10.1. The van der Waals surface area contributed by atoms with E-state index in [1.807, 2.05) is 30.3 Å². The number of ether oxygens (including phenoxy) is 1. The molecule has 0 aliphatic rings. The molecule has 0 radical (unpaired) electrons. The molecule has 8 nitrogen and oxygen atoms in total.